The van der Waals surface area contributed by atoms with E-state index >= 15 is 0 Å². The van der Waals surface area contributed by atoms with E-state index in [1.54, 1.807) is 36.1 Å². The van der Waals surface area contributed by atoms with Gasteiger partial charge in [-0.2, -0.15) is 0 Å². The number of carbonyl (C=O) groups is 1. The van der Waals surface area contributed by atoms with Crippen LogP contribution >= 0.6 is 0 Å². The van der Waals surface area contributed by atoms with Gasteiger partial charge in [-0.05, 0) is 67.3 Å². The minimum atomic E-state index is -0.319. The molecular weight excluding hydrogens is 423 g/mol. The summed E-state index contributed by atoms with van der Waals surface area (Å²) < 4.78 is 31.0. The van der Waals surface area contributed by atoms with Crippen LogP contribution in [0.4, 0.5) is 10.1 Å². The van der Waals surface area contributed by atoms with E-state index < -0.39 is 0 Å². The van der Waals surface area contributed by atoms with E-state index in [0.717, 1.165) is 44.0 Å². The molecule has 1 aromatic heterocycles. The van der Waals surface area contributed by atoms with Gasteiger partial charge in [0.05, 0.1) is 6.26 Å². The Bertz CT molecular complexity index is 1120. The fourth-order valence-electron chi connectivity index (χ4n) is 4.52. The van der Waals surface area contributed by atoms with Crippen molar-refractivity contribution < 1.29 is 23.1 Å². The lowest BCUT2D eigenvalue weighted by Crippen LogP contribution is -2.47. The second-order valence-electron chi connectivity index (χ2n) is 8.57. The van der Waals surface area contributed by atoms with E-state index in [-0.39, 0.29) is 23.5 Å². The first-order valence-corrected chi connectivity index (χ1v) is 11.3. The van der Waals surface area contributed by atoms with Crippen LogP contribution in [0.25, 0.3) is 0 Å². The number of nitrogens with zero attached hydrogens (tertiary/aromatic N) is 2. The van der Waals surface area contributed by atoms with Crippen molar-refractivity contribution in [1.29, 1.82) is 0 Å². The van der Waals surface area contributed by atoms with Gasteiger partial charge in [0.15, 0.2) is 17.3 Å². The van der Waals surface area contributed by atoms with Gasteiger partial charge in [0.25, 0.3) is 5.91 Å². The average Bonchev–Trinajstić information content (AvgIpc) is 3.38. The highest BCUT2D eigenvalue weighted by Gasteiger charge is 2.31. The maximum absolute atomic E-state index is 14.3. The Labute approximate surface area is 192 Å². The third-order valence-electron chi connectivity index (χ3n) is 6.32. The van der Waals surface area contributed by atoms with Crippen LogP contribution in [-0.4, -0.2) is 43.2 Å². The first-order valence-electron chi connectivity index (χ1n) is 11.3. The van der Waals surface area contributed by atoms with Crippen LogP contribution in [-0.2, 0) is 6.54 Å². The number of amides is 1. The molecule has 0 bridgehead atoms. The summed E-state index contributed by atoms with van der Waals surface area (Å²) >= 11 is 0. The van der Waals surface area contributed by atoms with Crippen LogP contribution in [0.2, 0.25) is 0 Å². The number of hydrogen-bond acceptors (Lipinski definition) is 5. The van der Waals surface area contributed by atoms with Crippen molar-refractivity contribution in [3.8, 4) is 11.5 Å². The number of hydrogen-bond donors (Lipinski definition) is 0. The fraction of sp³-hybridized carbons (Fsp3) is 0.346. The van der Waals surface area contributed by atoms with Crippen molar-refractivity contribution in [2.45, 2.75) is 32.4 Å². The zero-order valence-electron chi connectivity index (χ0n) is 18.6. The zero-order chi connectivity index (χ0) is 22.8. The summed E-state index contributed by atoms with van der Waals surface area (Å²) in [6, 6.07) is 14.3. The Hall–Kier alpha value is -3.32. The number of benzene rings is 2. The molecule has 0 N–H and O–H groups in total. The van der Waals surface area contributed by atoms with Gasteiger partial charge in [0.2, 0.25) is 0 Å². The minimum absolute atomic E-state index is 0.0405. The average molecular weight is 451 g/mol. The Morgan fingerprint density at radius 1 is 1.06 bits per heavy atom. The van der Waals surface area contributed by atoms with Crippen LogP contribution in [0, 0.1) is 12.7 Å². The van der Waals surface area contributed by atoms with Gasteiger partial charge in [-0.15, -0.1) is 0 Å². The smallest absolute Gasteiger partial charge is 0.294 e. The lowest BCUT2D eigenvalue weighted by atomic mass is 10.0. The molecule has 2 aliphatic heterocycles. The molecule has 2 aliphatic rings. The lowest BCUT2D eigenvalue weighted by Gasteiger charge is -2.38. The number of carbonyl (C=O) groups excluding carboxylic acids is 1. The van der Waals surface area contributed by atoms with E-state index in [1.807, 2.05) is 12.1 Å². The molecule has 7 heteroatoms. The van der Waals surface area contributed by atoms with Crippen LogP contribution in [0.5, 0.6) is 11.5 Å². The van der Waals surface area contributed by atoms with E-state index in [1.165, 1.54) is 17.9 Å². The molecule has 6 nitrogen and oxygen atoms in total. The number of fused-ring (bicyclic) bond motifs is 1. The molecule has 172 valence electrons. The SMILES string of the molecule is Cc1ccc(N(C(=O)c2ccco2)C2CCN(Cc3ccc4c(c3)OCCO4)CC2)cc1F. The third kappa shape index (κ3) is 4.59. The molecule has 1 saturated heterocycles. The molecule has 1 amide bonds. The fourth-order valence-corrected chi connectivity index (χ4v) is 4.52. The number of aryl methyl sites for hydroxylation is 1. The van der Waals surface area contributed by atoms with Crippen molar-refractivity contribution in [2.24, 2.45) is 0 Å². The quantitative estimate of drug-likeness (QED) is 0.558. The van der Waals surface area contributed by atoms with Gasteiger partial charge in [0, 0.05) is 31.4 Å². The molecule has 0 aliphatic carbocycles. The summed E-state index contributed by atoms with van der Waals surface area (Å²) in [5.74, 6) is 1.29. The number of likely N-dealkylation sites (tertiary alicyclic amines) is 1. The van der Waals surface area contributed by atoms with Gasteiger partial charge in [-0.25, -0.2) is 4.39 Å². The highest BCUT2D eigenvalue weighted by molar-refractivity contribution is 6.04. The first-order chi connectivity index (χ1) is 16.1. The van der Waals surface area contributed by atoms with Crippen LogP contribution in [0.15, 0.2) is 59.2 Å². The lowest BCUT2D eigenvalue weighted by molar-refractivity contribution is 0.0931. The predicted octanol–water partition coefficient (Wildman–Crippen LogP) is 4.81. The maximum atomic E-state index is 14.3. The Morgan fingerprint density at radius 2 is 1.85 bits per heavy atom. The van der Waals surface area contributed by atoms with Crippen molar-refractivity contribution in [2.75, 3.05) is 31.2 Å². The molecular formula is C26H27FN2O4. The molecule has 2 aromatic carbocycles. The highest BCUT2D eigenvalue weighted by atomic mass is 19.1. The molecule has 3 heterocycles. The summed E-state index contributed by atoms with van der Waals surface area (Å²) in [6.45, 7) is 5.33. The summed E-state index contributed by atoms with van der Waals surface area (Å²) in [4.78, 5) is 17.3. The van der Waals surface area contributed by atoms with Crippen molar-refractivity contribution >= 4 is 11.6 Å². The van der Waals surface area contributed by atoms with Crippen molar-refractivity contribution in [3.63, 3.8) is 0 Å². The number of rotatable bonds is 5. The van der Waals surface area contributed by atoms with E-state index in [2.05, 4.69) is 11.0 Å². The number of furan rings is 1. The third-order valence-corrected chi connectivity index (χ3v) is 6.32. The maximum Gasteiger partial charge on any atom is 0.294 e. The first kappa shape index (κ1) is 21.5. The Balaban J connectivity index is 1.30. The van der Waals surface area contributed by atoms with Crippen molar-refractivity contribution in [3.05, 3.63) is 77.5 Å². The molecule has 0 saturated carbocycles. The normalized spacial score (nSPS) is 16.5. The topological polar surface area (TPSA) is 55.2 Å². The Morgan fingerprint density at radius 3 is 2.58 bits per heavy atom. The van der Waals surface area contributed by atoms with Gasteiger partial charge >= 0.3 is 0 Å². The second kappa shape index (κ2) is 9.27. The van der Waals surface area contributed by atoms with E-state index in [0.29, 0.717) is 24.5 Å². The second-order valence-corrected chi connectivity index (χ2v) is 8.57. The molecule has 1 fully saturated rings. The van der Waals surface area contributed by atoms with Crippen LogP contribution in [0.3, 0.4) is 0 Å². The van der Waals surface area contributed by atoms with Gasteiger partial charge in [-0.3, -0.25) is 9.69 Å². The minimum Gasteiger partial charge on any atom is -0.486 e. The Kier molecular flexibility index (Phi) is 6.05. The van der Waals surface area contributed by atoms with Crippen LogP contribution in [0.1, 0.15) is 34.5 Å². The number of anilines is 1. The largest absolute Gasteiger partial charge is 0.486 e. The highest BCUT2D eigenvalue weighted by Crippen LogP contribution is 2.32. The summed E-state index contributed by atoms with van der Waals surface area (Å²) in [7, 11) is 0. The van der Waals surface area contributed by atoms with Gasteiger partial charge in [-0.1, -0.05) is 12.1 Å². The standard InChI is InChI=1S/C26H27FN2O4/c1-18-4-6-21(16-22(18)27)29(26(30)24-3-2-12-31-24)20-8-10-28(11-9-20)17-19-5-7-23-25(15-19)33-14-13-32-23/h2-7,12,15-16,20H,8-11,13-14,17H2,1H3. The molecule has 5 rings (SSSR count). The molecule has 3 aromatic rings. The number of piperidine rings is 1. The van der Waals surface area contributed by atoms with E-state index in [9.17, 15) is 9.18 Å². The van der Waals surface area contributed by atoms with E-state index in [4.69, 9.17) is 13.9 Å². The van der Waals surface area contributed by atoms with Crippen molar-refractivity contribution in [1.82, 2.24) is 4.90 Å². The molecule has 0 radical (unpaired) electrons. The summed E-state index contributed by atoms with van der Waals surface area (Å²) in [6.07, 6.45) is 3.05. The number of halogens is 1. The van der Waals surface area contributed by atoms with Crippen LogP contribution < -0.4 is 14.4 Å². The molecule has 0 unspecified atom stereocenters. The summed E-state index contributed by atoms with van der Waals surface area (Å²) in [5, 5.41) is 0. The zero-order valence-corrected chi connectivity index (χ0v) is 18.6. The summed E-state index contributed by atoms with van der Waals surface area (Å²) in [5.41, 5.74) is 2.28. The molecule has 0 atom stereocenters. The monoisotopic (exact) mass is 450 g/mol. The van der Waals surface area contributed by atoms with Gasteiger partial charge in [0.1, 0.15) is 19.0 Å². The molecule has 33 heavy (non-hydrogen) atoms. The number of ether oxygens (including phenoxy) is 2. The van der Waals surface area contributed by atoms with Gasteiger partial charge < -0.3 is 18.8 Å². The predicted molar refractivity (Wildman–Crippen MR) is 122 cm³/mol. The molecule has 0 spiro atoms.